The van der Waals surface area contributed by atoms with Crippen LogP contribution in [0, 0.1) is 11.2 Å². The standard InChI is InChI=1S/C34H45FN4O7/c1-33(2,3)29(37-32(43)45-21-22-10-8-7-9-11-22)30(41)38-17-16-25-28(38)26(44-20-23-12-14-24(35)15-13-23)19-39(25)27(40)18-36-31(42)46-34(4,5)6/h7-15,25-26,28-29H,16-21H2,1-6H3,(H,36,42)(H,37,43). The van der Waals surface area contributed by atoms with Crippen LogP contribution in [-0.2, 0) is 37.0 Å². The van der Waals surface area contributed by atoms with Crippen molar-refractivity contribution in [2.75, 3.05) is 19.6 Å². The molecule has 4 atom stereocenters. The number of nitrogens with one attached hydrogen (secondary N) is 2. The van der Waals surface area contributed by atoms with Crippen LogP contribution < -0.4 is 10.6 Å². The first-order valence-corrected chi connectivity index (χ1v) is 15.5. The van der Waals surface area contributed by atoms with Crippen LogP contribution in [0.3, 0.4) is 0 Å². The summed E-state index contributed by atoms with van der Waals surface area (Å²) < 4.78 is 30.5. The van der Waals surface area contributed by atoms with E-state index in [9.17, 15) is 23.6 Å². The SMILES string of the molecule is CC(C)(C)OC(=O)NCC(=O)N1CC(OCc2ccc(F)cc2)C2C1CCN2C(=O)C(NC(=O)OCc1ccccc1)C(C)(C)C. The quantitative estimate of drug-likeness (QED) is 0.417. The molecule has 2 aliphatic rings. The Bertz CT molecular complexity index is 1370. The average molecular weight is 641 g/mol. The number of benzene rings is 2. The number of rotatable bonds is 9. The molecule has 4 rings (SSSR count). The van der Waals surface area contributed by atoms with Gasteiger partial charge in [-0.15, -0.1) is 0 Å². The van der Waals surface area contributed by atoms with E-state index in [0.29, 0.717) is 13.0 Å². The molecule has 46 heavy (non-hydrogen) atoms. The first-order chi connectivity index (χ1) is 21.6. The summed E-state index contributed by atoms with van der Waals surface area (Å²) in [6.07, 6.45) is -1.51. The molecule has 0 saturated carbocycles. The molecule has 250 valence electrons. The van der Waals surface area contributed by atoms with Crippen molar-refractivity contribution in [3.05, 3.63) is 71.5 Å². The summed E-state index contributed by atoms with van der Waals surface area (Å²) in [6.45, 7) is 11.2. The predicted octanol–water partition coefficient (Wildman–Crippen LogP) is 4.39. The molecule has 0 radical (unpaired) electrons. The maximum Gasteiger partial charge on any atom is 0.408 e. The van der Waals surface area contributed by atoms with Crippen molar-refractivity contribution in [3.8, 4) is 0 Å². The number of hydrogen-bond acceptors (Lipinski definition) is 7. The largest absolute Gasteiger partial charge is 0.445 e. The number of nitrogens with zero attached hydrogens (tertiary/aromatic N) is 2. The summed E-state index contributed by atoms with van der Waals surface area (Å²) in [5.41, 5.74) is 0.164. The first kappa shape index (κ1) is 34.7. The molecule has 0 spiro atoms. The van der Waals surface area contributed by atoms with Gasteiger partial charge in [-0.05, 0) is 55.9 Å². The molecule has 2 heterocycles. The van der Waals surface area contributed by atoms with E-state index in [0.717, 1.165) is 11.1 Å². The number of fused-ring (bicyclic) bond motifs is 1. The van der Waals surface area contributed by atoms with Gasteiger partial charge >= 0.3 is 12.2 Å². The molecule has 12 heteroatoms. The number of likely N-dealkylation sites (tertiary alicyclic amines) is 2. The molecule has 2 saturated heterocycles. The fourth-order valence-electron chi connectivity index (χ4n) is 5.76. The maximum atomic E-state index is 14.2. The highest BCUT2D eigenvalue weighted by molar-refractivity contribution is 5.88. The van der Waals surface area contributed by atoms with Gasteiger partial charge in [0, 0.05) is 13.1 Å². The number of ether oxygens (including phenoxy) is 3. The maximum absolute atomic E-state index is 14.2. The van der Waals surface area contributed by atoms with Crippen molar-refractivity contribution in [3.63, 3.8) is 0 Å². The van der Waals surface area contributed by atoms with E-state index in [-0.39, 0.29) is 50.0 Å². The summed E-state index contributed by atoms with van der Waals surface area (Å²) in [5, 5.41) is 5.30. The second-order valence-corrected chi connectivity index (χ2v) is 13.8. The molecule has 11 nitrogen and oxygen atoms in total. The van der Waals surface area contributed by atoms with E-state index in [4.69, 9.17) is 14.2 Å². The first-order valence-electron chi connectivity index (χ1n) is 15.5. The number of carbonyl (C=O) groups is 4. The molecule has 2 aliphatic heterocycles. The van der Waals surface area contributed by atoms with Crippen molar-refractivity contribution in [1.82, 2.24) is 20.4 Å². The van der Waals surface area contributed by atoms with Gasteiger partial charge in [0.1, 0.15) is 30.6 Å². The van der Waals surface area contributed by atoms with Gasteiger partial charge in [0.15, 0.2) is 0 Å². The molecule has 0 aromatic heterocycles. The zero-order valence-corrected chi connectivity index (χ0v) is 27.4. The lowest BCUT2D eigenvalue weighted by atomic mass is 9.85. The summed E-state index contributed by atoms with van der Waals surface area (Å²) >= 11 is 0. The minimum Gasteiger partial charge on any atom is -0.445 e. The van der Waals surface area contributed by atoms with E-state index >= 15 is 0 Å². The molecular weight excluding hydrogens is 595 g/mol. The van der Waals surface area contributed by atoms with Gasteiger partial charge in [0.2, 0.25) is 11.8 Å². The van der Waals surface area contributed by atoms with Gasteiger partial charge < -0.3 is 34.6 Å². The summed E-state index contributed by atoms with van der Waals surface area (Å²) in [6, 6.07) is 13.4. The van der Waals surface area contributed by atoms with Crippen LogP contribution in [0.4, 0.5) is 14.0 Å². The fourth-order valence-corrected chi connectivity index (χ4v) is 5.76. The van der Waals surface area contributed by atoms with Gasteiger partial charge in [0.05, 0.1) is 24.8 Å². The van der Waals surface area contributed by atoms with Crippen molar-refractivity contribution < 1.29 is 37.8 Å². The molecule has 2 N–H and O–H groups in total. The van der Waals surface area contributed by atoms with Gasteiger partial charge in [-0.3, -0.25) is 9.59 Å². The average Bonchev–Trinajstić information content (AvgIpc) is 3.57. The van der Waals surface area contributed by atoms with Crippen molar-refractivity contribution in [1.29, 1.82) is 0 Å². The normalized spacial score (nSPS) is 20.1. The van der Waals surface area contributed by atoms with Crippen LogP contribution in [-0.4, -0.2) is 83.3 Å². The molecule has 0 aliphatic carbocycles. The third kappa shape index (κ3) is 9.18. The van der Waals surface area contributed by atoms with Crippen LogP contribution in [0.2, 0.25) is 0 Å². The van der Waals surface area contributed by atoms with Crippen molar-refractivity contribution >= 4 is 24.0 Å². The lowest BCUT2D eigenvalue weighted by Gasteiger charge is -2.36. The van der Waals surface area contributed by atoms with Crippen LogP contribution in [0.15, 0.2) is 54.6 Å². The van der Waals surface area contributed by atoms with Gasteiger partial charge in [0.25, 0.3) is 0 Å². The number of hydrogen-bond donors (Lipinski definition) is 2. The second kappa shape index (κ2) is 14.5. The summed E-state index contributed by atoms with van der Waals surface area (Å²) in [7, 11) is 0. The third-order valence-electron chi connectivity index (χ3n) is 7.93. The Balaban J connectivity index is 1.50. The number of alkyl carbamates (subject to hydrolysis) is 2. The van der Waals surface area contributed by atoms with Crippen LogP contribution >= 0.6 is 0 Å². The topological polar surface area (TPSA) is 127 Å². The number of carbonyl (C=O) groups excluding carboxylic acids is 4. The highest BCUT2D eigenvalue weighted by Gasteiger charge is 2.54. The Kier molecular flexibility index (Phi) is 10.9. The Morgan fingerprint density at radius 2 is 1.54 bits per heavy atom. The Morgan fingerprint density at radius 3 is 2.17 bits per heavy atom. The Morgan fingerprint density at radius 1 is 0.891 bits per heavy atom. The summed E-state index contributed by atoms with van der Waals surface area (Å²) in [5.74, 6) is -1.01. The number of halogens is 1. The molecule has 2 aromatic rings. The van der Waals surface area contributed by atoms with E-state index in [1.807, 2.05) is 51.1 Å². The summed E-state index contributed by atoms with van der Waals surface area (Å²) in [4.78, 5) is 56.0. The van der Waals surface area contributed by atoms with Gasteiger partial charge in [-0.2, -0.15) is 0 Å². The Labute approximate surface area is 269 Å². The van der Waals surface area contributed by atoms with Crippen LogP contribution in [0.5, 0.6) is 0 Å². The third-order valence-corrected chi connectivity index (χ3v) is 7.93. The van der Waals surface area contributed by atoms with Gasteiger partial charge in [-0.25, -0.2) is 14.0 Å². The lowest BCUT2D eigenvalue weighted by molar-refractivity contribution is -0.139. The van der Waals surface area contributed by atoms with E-state index in [1.165, 1.54) is 12.1 Å². The molecule has 2 fully saturated rings. The number of amides is 4. The zero-order valence-electron chi connectivity index (χ0n) is 27.4. The predicted molar refractivity (Wildman–Crippen MR) is 168 cm³/mol. The zero-order chi connectivity index (χ0) is 33.6. The molecule has 0 bridgehead atoms. The highest BCUT2D eigenvalue weighted by Crippen LogP contribution is 2.36. The molecule has 4 unspecified atom stereocenters. The smallest absolute Gasteiger partial charge is 0.408 e. The van der Waals surface area contributed by atoms with Crippen LogP contribution in [0.25, 0.3) is 0 Å². The minimum atomic E-state index is -0.925. The lowest BCUT2D eigenvalue weighted by Crippen LogP contribution is -2.57. The van der Waals surface area contributed by atoms with E-state index < -0.39 is 41.4 Å². The fraction of sp³-hybridized carbons (Fsp3) is 0.529. The van der Waals surface area contributed by atoms with E-state index in [2.05, 4.69) is 10.6 Å². The second-order valence-electron chi connectivity index (χ2n) is 13.8. The van der Waals surface area contributed by atoms with Gasteiger partial charge in [-0.1, -0.05) is 63.2 Å². The van der Waals surface area contributed by atoms with Crippen molar-refractivity contribution in [2.24, 2.45) is 5.41 Å². The molecule has 2 aromatic carbocycles. The van der Waals surface area contributed by atoms with Crippen molar-refractivity contribution in [2.45, 2.75) is 91.0 Å². The van der Waals surface area contributed by atoms with Crippen LogP contribution in [0.1, 0.15) is 59.1 Å². The monoisotopic (exact) mass is 640 g/mol. The molecular formula is C34H45FN4O7. The Hall–Kier alpha value is -4.19. The minimum absolute atomic E-state index is 0.0554. The highest BCUT2D eigenvalue weighted by atomic mass is 19.1. The molecule has 4 amide bonds. The van der Waals surface area contributed by atoms with E-state index in [1.54, 1.807) is 42.7 Å².